The van der Waals surface area contributed by atoms with Crippen LogP contribution >= 0.6 is 11.6 Å². The van der Waals surface area contributed by atoms with E-state index in [0.717, 1.165) is 6.07 Å². The number of rotatable bonds is 5. The molecule has 2 rings (SSSR count). The van der Waals surface area contributed by atoms with Crippen LogP contribution < -0.4 is 10.6 Å². The third-order valence-corrected chi connectivity index (χ3v) is 3.24. The Bertz CT molecular complexity index is 737. The van der Waals surface area contributed by atoms with Crippen LogP contribution in [0, 0.1) is 5.82 Å². The van der Waals surface area contributed by atoms with E-state index in [2.05, 4.69) is 10.6 Å². The minimum atomic E-state index is -0.623. The van der Waals surface area contributed by atoms with Crippen molar-refractivity contribution in [1.29, 1.82) is 0 Å². The van der Waals surface area contributed by atoms with Crippen LogP contribution in [-0.4, -0.2) is 25.5 Å². The molecule has 23 heavy (non-hydrogen) atoms. The van der Waals surface area contributed by atoms with Crippen LogP contribution in [0.3, 0.4) is 0 Å². The molecule has 0 aromatic heterocycles. The van der Waals surface area contributed by atoms with E-state index in [-0.39, 0.29) is 5.02 Å². The molecule has 0 aliphatic heterocycles. The molecular weight excluding hydrogens is 323 g/mol. The molecule has 1 amide bonds. The van der Waals surface area contributed by atoms with Crippen molar-refractivity contribution in [2.24, 2.45) is 0 Å². The number of carbonyl (C=O) groups is 2. The molecule has 7 heteroatoms. The summed E-state index contributed by atoms with van der Waals surface area (Å²) in [7, 11) is 1.68. The number of nitrogens with one attached hydrogen (secondary N) is 2. The zero-order chi connectivity index (χ0) is 16.8. The van der Waals surface area contributed by atoms with Crippen molar-refractivity contribution in [3.05, 3.63) is 58.9 Å². The molecule has 0 heterocycles. The first kappa shape index (κ1) is 16.8. The summed E-state index contributed by atoms with van der Waals surface area (Å²) in [6.07, 6.45) is 0. The van der Waals surface area contributed by atoms with Crippen LogP contribution in [0.2, 0.25) is 5.02 Å². The van der Waals surface area contributed by atoms with E-state index in [1.165, 1.54) is 12.1 Å². The van der Waals surface area contributed by atoms with E-state index in [4.69, 9.17) is 16.3 Å². The molecule has 0 saturated heterocycles. The molecule has 0 atom stereocenters. The van der Waals surface area contributed by atoms with Gasteiger partial charge in [0.15, 0.2) is 6.61 Å². The molecule has 0 unspecified atom stereocenters. The first-order valence-corrected chi connectivity index (χ1v) is 7.08. The number of anilines is 2. The topological polar surface area (TPSA) is 67.4 Å². The molecule has 0 aliphatic rings. The lowest BCUT2D eigenvalue weighted by atomic mass is 10.2. The fourth-order valence-corrected chi connectivity index (χ4v) is 2.04. The molecule has 0 saturated carbocycles. The summed E-state index contributed by atoms with van der Waals surface area (Å²) in [5, 5.41) is 5.22. The van der Waals surface area contributed by atoms with Crippen molar-refractivity contribution in [2.75, 3.05) is 24.3 Å². The average Bonchev–Trinajstić information content (AvgIpc) is 2.56. The predicted octanol–water partition coefficient (Wildman–Crippen LogP) is 3.32. The SMILES string of the molecule is CNc1ccccc1C(=O)OCC(=O)Nc1ccc(F)c(Cl)c1. The summed E-state index contributed by atoms with van der Waals surface area (Å²) in [4.78, 5) is 23.7. The quantitative estimate of drug-likeness (QED) is 0.822. The normalized spacial score (nSPS) is 10.0. The van der Waals surface area contributed by atoms with Crippen LogP contribution in [0.4, 0.5) is 15.8 Å². The summed E-state index contributed by atoms with van der Waals surface area (Å²) >= 11 is 5.62. The number of carbonyl (C=O) groups excluding carboxylic acids is 2. The zero-order valence-electron chi connectivity index (χ0n) is 12.2. The van der Waals surface area contributed by atoms with Crippen LogP contribution in [0.5, 0.6) is 0 Å². The number of halogens is 2. The highest BCUT2D eigenvalue weighted by Gasteiger charge is 2.14. The van der Waals surface area contributed by atoms with Gasteiger partial charge in [0.1, 0.15) is 5.82 Å². The third-order valence-electron chi connectivity index (χ3n) is 2.95. The highest BCUT2D eigenvalue weighted by Crippen LogP contribution is 2.19. The van der Waals surface area contributed by atoms with Crippen LogP contribution in [0.15, 0.2) is 42.5 Å². The van der Waals surface area contributed by atoms with Crippen molar-refractivity contribution in [1.82, 2.24) is 0 Å². The maximum Gasteiger partial charge on any atom is 0.340 e. The van der Waals surface area contributed by atoms with Gasteiger partial charge in [0.05, 0.1) is 10.6 Å². The molecule has 2 aromatic carbocycles. The summed E-state index contributed by atoms with van der Waals surface area (Å²) < 4.78 is 18.0. The lowest BCUT2D eigenvalue weighted by Gasteiger charge is -2.09. The highest BCUT2D eigenvalue weighted by atomic mass is 35.5. The average molecular weight is 337 g/mol. The third kappa shape index (κ3) is 4.43. The smallest absolute Gasteiger partial charge is 0.340 e. The van der Waals surface area contributed by atoms with Gasteiger partial charge < -0.3 is 15.4 Å². The van der Waals surface area contributed by atoms with Gasteiger partial charge in [-0.2, -0.15) is 0 Å². The predicted molar refractivity (Wildman–Crippen MR) is 86.3 cm³/mol. The van der Waals surface area contributed by atoms with Crippen molar-refractivity contribution in [3.63, 3.8) is 0 Å². The largest absolute Gasteiger partial charge is 0.452 e. The second kappa shape index (κ2) is 7.60. The maximum absolute atomic E-state index is 13.0. The van der Waals surface area contributed by atoms with E-state index >= 15 is 0 Å². The van der Waals surface area contributed by atoms with Crippen LogP contribution in [-0.2, 0) is 9.53 Å². The molecule has 0 radical (unpaired) electrons. The van der Waals surface area contributed by atoms with Crippen molar-refractivity contribution >= 4 is 34.9 Å². The molecule has 0 bridgehead atoms. The Morgan fingerprint density at radius 3 is 2.65 bits per heavy atom. The first-order chi connectivity index (χ1) is 11.0. The van der Waals surface area contributed by atoms with E-state index in [0.29, 0.717) is 16.9 Å². The fraction of sp³-hybridized carbons (Fsp3) is 0.125. The van der Waals surface area contributed by atoms with Gasteiger partial charge in [0.25, 0.3) is 5.91 Å². The summed E-state index contributed by atoms with van der Waals surface area (Å²) in [6.45, 7) is -0.466. The molecule has 0 spiro atoms. The Morgan fingerprint density at radius 2 is 1.96 bits per heavy atom. The van der Waals surface area contributed by atoms with Gasteiger partial charge in [-0.25, -0.2) is 9.18 Å². The second-order valence-electron chi connectivity index (χ2n) is 4.55. The minimum absolute atomic E-state index is 0.109. The first-order valence-electron chi connectivity index (χ1n) is 6.70. The summed E-state index contributed by atoms with van der Waals surface area (Å²) in [5.41, 5.74) is 1.24. The number of amides is 1. The van der Waals surface area contributed by atoms with Crippen LogP contribution in [0.25, 0.3) is 0 Å². The molecular formula is C16H14ClFN2O3. The van der Waals surface area contributed by atoms with Crippen molar-refractivity contribution in [3.8, 4) is 0 Å². The van der Waals surface area contributed by atoms with Crippen molar-refractivity contribution in [2.45, 2.75) is 0 Å². The Balaban J connectivity index is 1.93. The second-order valence-corrected chi connectivity index (χ2v) is 4.96. The summed E-state index contributed by atoms with van der Waals surface area (Å²) in [6, 6.07) is 10.5. The Labute approximate surface area is 137 Å². The molecule has 5 nitrogen and oxygen atoms in total. The van der Waals surface area contributed by atoms with Gasteiger partial charge in [-0.3, -0.25) is 4.79 Å². The van der Waals surface area contributed by atoms with Gasteiger partial charge in [-0.05, 0) is 30.3 Å². The molecule has 2 N–H and O–H groups in total. The number of hydrogen-bond donors (Lipinski definition) is 2. The Hall–Kier alpha value is -2.60. The number of hydrogen-bond acceptors (Lipinski definition) is 4. The lowest BCUT2D eigenvalue weighted by Crippen LogP contribution is -2.21. The Morgan fingerprint density at radius 1 is 1.22 bits per heavy atom. The lowest BCUT2D eigenvalue weighted by molar-refractivity contribution is -0.119. The summed E-state index contributed by atoms with van der Waals surface area (Å²) in [5.74, 6) is -1.76. The van der Waals surface area contributed by atoms with Gasteiger partial charge in [0, 0.05) is 18.4 Å². The van der Waals surface area contributed by atoms with Gasteiger partial charge >= 0.3 is 5.97 Å². The van der Waals surface area contributed by atoms with E-state index < -0.39 is 24.3 Å². The van der Waals surface area contributed by atoms with E-state index in [9.17, 15) is 14.0 Å². The highest BCUT2D eigenvalue weighted by molar-refractivity contribution is 6.31. The number of para-hydroxylation sites is 1. The maximum atomic E-state index is 13.0. The minimum Gasteiger partial charge on any atom is -0.452 e. The van der Waals surface area contributed by atoms with Crippen molar-refractivity contribution < 1.29 is 18.7 Å². The number of ether oxygens (including phenoxy) is 1. The number of benzene rings is 2. The molecule has 2 aromatic rings. The van der Waals surface area contributed by atoms with Crippen LogP contribution in [0.1, 0.15) is 10.4 Å². The standard InChI is InChI=1S/C16H14ClFN2O3/c1-19-14-5-3-2-4-11(14)16(22)23-9-15(21)20-10-6-7-13(18)12(17)8-10/h2-8,19H,9H2,1H3,(H,20,21). The Kier molecular flexibility index (Phi) is 5.54. The number of esters is 1. The zero-order valence-corrected chi connectivity index (χ0v) is 13.0. The van der Waals surface area contributed by atoms with Gasteiger partial charge in [-0.1, -0.05) is 23.7 Å². The fourth-order valence-electron chi connectivity index (χ4n) is 1.86. The molecule has 0 aliphatic carbocycles. The molecule has 120 valence electrons. The van der Waals surface area contributed by atoms with Gasteiger partial charge in [0.2, 0.25) is 0 Å². The van der Waals surface area contributed by atoms with E-state index in [1.54, 1.807) is 31.3 Å². The van der Waals surface area contributed by atoms with Gasteiger partial charge in [-0.15, -0.1) is 0 Å². The molecule has 0 fully saturated rings. The van der Waals surface area contributed by atoms with E-state index in [1.807, 2.05) is 0 Å². The monoisotopic (exact) mass is 336 g/mol.